The Bertz CT molecular complexity index is 582. The van der Waals surface area contributed by atoms with Gasteiger partial charge in [0.25, 0.3) is 5.82 Å². The Kier molecular flexibility index (Phi) is 2.36. The fourth-order valence-electron chi connectivity index (χ4n) is 1.83. The predicted molar refractivity (Wildman–Crippen MR) is 60.3 cm³/mol. The van der Waals surface area contributed by atoms with E-state index >= 15 is 0 Å². The van der Waals surface area contributed by atoms with E-state index in [4.69, 9.17) is 9.63 Å². The molecule has 0 saturated heterocycles. The Balaban J connectivity index is 1.98. The Morgan fingerprint density at radius 1 is 1.47 bits per heavy atom. The zero-order chi connectivity index (χ0) is 11.8. The monoisotopic (exact) mass is 248 g/mol. The van der Waals surface area contributed by atoms with Crippen molar-refractivity contribution in [3.63, 3.8) is 0 Å². The molecule has 2 aromatic rings. The molecule has 1 aliphatic rings. The molecule has 1 N–H and O–H groups in total. The molecule has 6 heteroatoms. The van der Waals surface area contributed by atoms with Crippen LogP contribution in [0.1, 0.15) is 28.0 Å². The molecule has 2 heterocycles. The number of benzene rings is 1. The average Bonchev–Trinajstić information content (AvgIpc) is 2.95. The number of nitrogens with zero attached hydrogens (tertiary/aromatic N) is 2. The molecule has 17 heavy (non-hydrogen) atoms. The smallest absolute Gasteiger partial charge is 0.377 e. The minimum absolute atomic E-state index is 0.00296. The van der Waals surface area contributed by atoms with Gasteiger partial charge in [-0.3, -0.25) is 0 Å². The molecule has 0 radical (unpaired) electrons. The van der Waals surface area contributed by atoms with Gasteiger partial charge in [-0.25, -0.2) is 4.79 Å². The molecule has 5 nitrogen and oxygen atoms in total. The van der Waals surface area contributed by atoms with Crippen LogP contribution in [-0.2, 0) is 0 Å². The van der Waals surface area contributed by atoms with Crippen LogP contribution in [0.3, 0.4) is 0 Å². The van der Waals surface area contributed by atoms with Crippen LogP contribution in [0.2, 0.25) is 0 Å². The molecule has 1 unspecified atom stereocenters. The summed E-state index contributed by atoms with van der Waals surface area (Å²) in [6, 6.07) is 7.97. The quantitative estimate of drug-likeness (QED) is 0.876. The molecule has 1 aromatic carbocycles. The summed E-state index contributed by atoms with van der Waals surface area (Å²) >= 11 is 1.71. The highest BCUT2D eigenvalue weighted by Crippen LogP contribution is 2.42. The maximum absolute atomic E-state index is 10.7. The van der Waals surface area contributed by atoms with Gasteiger partial charge in [-0.2, -0.15) is 4.98 Å². The maximum atomic E-state index is 10.7. The van der Waals surface area contributed by atoms with Gasteiger partial charge in [0, 0.05) is 10.6 Å². The average molecular weight is 248 g/mol. The normalized spacial score (nSPS) is 18.0. The number of carbonyl (C=O) groups is 1. The molecular formula is C11H8N2O3S. The lowest BCUT2D eigenvalue weighted by Crippen LogP contribution is -2.02. The highest BCUT2D eigenvalue weighted by molar-refractivity contribution is 7.99. The Morgan fingerprint density at radius 2 is 2.29 bits per heavy atom. The van der Waals surface area contributed by atoms with E-state index < -0.39 is 5.97 Å². The topological polar surface area (TPSA) is 76.2 Å². The van der Waals surface area contributed by atoms with Crippen molar-refractivity contribution in [3.05, 3.63) is 41.5 Å². The zero-order valence-electron chi connectivity index (χ0n) is 8.66. The lowest BCUT2D eigenvalue weighted by Gasteiger charge is -2.03. The minimum Gasteiger partial charge on any atom is -0.475 e. The molecule has 0 amide bonds. The summed E-state index contributed by atoms with van der Waals surface area (Å²) < 4.78 is 5.01. The second-order valence-corrected chi connectivity index (χ2v) is 4.72. The van der Waals surface area contributed by atoms with Gasteiger partial charge in [0.1, 0.15) is 0 Å². The molecule has 86 valence electrons. The van der Waals surface area contributed by atoms with Gasteiger partial charge in [0.05, 0.1) is 5.92 Å². The lowest BCUT2D eigenvalue weighted by molar-refractivity contribution is 0.0680. The molecule has 1 atom stereocenters. The van der Waals surface area contributed by atoms with Crippen LogP contribution in [-0.4, -0.2) is 27.0 Å². The van der Waals surface area contributed by atoms with Crippen molar-refractivity contribution in [1.29, 1.82) is 0 Å². The van der Waals surface area contributed by atoms with Crippen LogP contribution in [0.5, 0.6) is 0 Å². The summed E-state index contributed by atoms with van der Waals surface area (Å²) in [5, 5.41) is 12.2. The number of aromatic carboxylic acids is 1. The summed E-state index contributed by atoms with van der Waals surface area (Å²) in [6.07, 6.45) is 0. The van der Waals surface area contributed by atoms with Gasteiger partial charge in [-0.1, -0.05) is 18.2 Å². The summed E-state index contributed by atoms with van der Waals surface area (Å²) in [4.78, 5) is 15.8. The fourth-order valence-corrected chi connectivity index (χ4v) is 3.05. The highest BCUT2D eigenvalue weighted by atomic mass is 32.2. The summed E-state index contributed by atoms with van der Waals surface area (Å²) in [5.74, 6) is -0.273. The lowest BCUT2D eigenvalue weighted by atomic mass is 10.0. The molecule has 0 fully saturated rings. The first kappa shape index (κ1) is 10.3. The third kappa shape index (κ3) is 1.70. The molecule has 0 saturated carbocycles. The van der Waals surface area contributed by atoms with Crippen LogP contribution < -0.4 is 0 Å². The van der Waals surface area contributed by atoms with E-state index in [0.29, 0.717) is 5.89 Å². The van der Waals surface area contributed by atoms with Crippen LogP contribution in [0.25, 0.3) is 0 Å². The molecule has 0 aliphatic carbocycles. The third-order valence-electron chi connectivity index (χ3n) is 2.63. The number of carboxylic acids is 1. The van der Waals surface area contributed by atoms with Crippen molar-refractivity contribution >= 4 is 17.7 Å². The van der Waals surface area contributed by atoms with Gasteiger partial charge in [0.2, 0.25) is 5.89 Å². The van der Waals surface area contributed by atoms with E-state index in [2.05, 4.69) is 10.1 Å². The number of fused-ring (bicyclic) bond motifs is 1. The molecule has 0 bridgehead atoms. The van der Waals surface area contributed by atoms with Gasteiger partial charge < -0.3 is 9.63 Å². The molecule has 1 aliphatic heterocycles. The van der Waals surface area contributed by atoms with E-state index in [9.17, 15) is 4.79 Å². The Labute approximate surface area is 101 Å². The summed E-state index contributed by atoms with van der Waals surface area (Å²) in [5.41, 5.74) is 1.12. The molecule has 3 rings (SSSR count). The second-order valence-electron chi connectivity index (χ2n) is 3.66. The summed E-state index contributed by atoms with van der Waals surface area (Å²) in [6.45, 7) is 0. The first-order chi connectivity index (χ1) is 8.25. The standard InChI is InChI=1S/C11H8N2O3S/c14-11(15)9-12-10(16-13-9)7-5-17-8-4-2-1-3-6(7)8/h1-4,7H,5H2,(H,14,15). The first-order valence-corrected chi connectivity index (χ1v) is 6.03. The first-order valence-electron chi connectivity index (χ1n) is 5.04. The van der Waals surface area contributed by atoms with Crippen molar-refractivity contribution in [2.24, 2.45) is 0 Å². The Morgan fingerprint density at radius 3 is 3.06 bits per heavy atom. The number of rotatable bonds is 2. The fraction of sp³-hybridized carbons (Fsp3) is 0.182. The van der Waals surface area contributed by atoms with Crippen LogP contribution in [0.15, 0.2) is 33.7 Å². The summed E-state index contributed by atoms with van der Waals surface area (Å²) in [7, 11) is 0. The molecular weight excluding hydrogens is 240 g/mol. The minimum atomic E-state index is -1.17. The number of thioether (sulfide) groups is 1. The molecule has 1 aromatic heterocycles. The van der Waals surface area contributed by atoms with Crippen LogP contribution in [0, 0.1) is 0 Å². The molecule has 0 spiro atoms. The van der Waals surface area contributed by atoms with Gasteiger partial charge in [-0.15, -0.1) is 11.8 Å². The number of aromatic nitrogens is 2. The SMILES string of the molecule is O=C(O)c1noc(C2CSc3ccccc32)n1. The van der Waals surface area contributed by atoms with E-state index in [1.807, 2.05) is 24.3 Å². The number of hydrogen-bond donors (Lipinski definition) is 1. The van der Waals surface area contributed by atoms with Gasteiger partial charge in [-0.05, 0) is 16.8 Å². The van der Waals surface area contributed by atoms with Crippen molar-refractivity contribution in [2.45, 2.75) is 10.8 Å². The van der Waals surface area contributed by atoms with Crippen molar-refractivity contribution in [2.75, 3.05) is 5.75 Å². The van der Waals surface area contributed by atoms with E-state index in [1.165, 1.54) is 4.90 Å². The second kappa shape index (κ2) is 3.89. The van der Waals surface area contributed by atoms with Gasteiger partial charge >= 0.3 is 5.97 Å². The predicted octanol–water partition coefficient (Wildman–Crippen LogP) is 2.01. The Hall–Kier alpha value is -1.82. The third-order valence-corrected chi connectivity index (χ3v) is 3.81. The largest absolute Gasteiger partial charge is 0.475 e. The van der Waals surface area contributed by atoms with E-state index in [-0.39, 0.29) is 11.7 Å². The van der Waals surface area contributed by atoms with Crippen molar-refractivity contribution < 1.29 is 14.4 Å². The highest BCUT2D eigenvalue weighted by Gasteiger charge is 2.29. The van der Waals surface area contributed by atoms with Gasteiger partial charge in [0.15, 0.2) is 0 Å². The number of carboxylic acid groups (broad SMARTS) is 1. The van der Waals surface area contributed by atoms with Crippen LogP contribution >= 0.6 is 11.8 Å². The zero-order valence-corrected chi connectivity index (χ0v) is 9.48. The van der Waals surface area contributed by atoms with Crippen LogP contribution in [0.4, 0.5) is 0 Å². The van der Waals surface area contributed by atoms with E-state index in [1.54, 1.807) is 11.8 Å². The maximum Gasteiger partial charge on any atom is 0.377 e. The van der Waals surface area contributed by atoms with Crippen molar-refractivity contribution in [1.82, 2.24) is 10.1 Å². The number of hydrogen-bond acceptors (Lipinski definition) is 5. The van der Waals surface area contributed by atoms with E-state index in [0.717, 1.165) is 11.3 Å². The van der Waals surface area contributed by atoms with Crippen molar-refractivity contribution in [3.8, 4) is 0 Å².